The molecule has 0 radical (unpaired) electrons. The largest absolute Gasteiger partial charge is 0.342 e. The molecule has 3 aromatic rings. The summed E-state index contributed by atoms with van der Waals surface area (Å²) >= 11 is 0. The van der Waals surface area contributed by atoms with Crippen LogP contribution in [0.2, 0.25) is 0 Å². The summed E-state index contributed by atoms with van der Waals surface area (Å²) in [5.74, 6) is -3.90. The molecule has 0 spiro atoms. The van der Waals surface area contributed by atoms with E-state index in [1.54, 1.807) is 38.2 Å². The number of para-hydroxylation sites is 1. The van der Waals surface area contributed by atoms with Crippen LogP contribution >= 0.6 is 0 Å². The molecule has 0 fully saturated rings. The van der Waals surface area contributed by atoms with E-state index in [-0.39, 0.29) is 12.5 Å². The lowest BCUT2D eigenvalue weighted by molar-refractivity contribution is -0.142. The Hall–Kier alpha value is -4.11. The summed E-state index contributed by atoms with van der Waals surface area (Å²) in [7, 11) is 1.64. The summed E-state index contributed by atoms with van der Waals surface area (Å²) in [6.45, 7) is 3.60. The number of likely N-dealkylation sites (N-methyl/N-ethyl adjacent to an activating group) is 1. The molecule has 1 heterocycles. The van der Waals surface area contributed by atoms with E-state index >= 15 is 0 Å². The fourth-order valence-electron chi connectivity index (χ4n) is 4.62. The Kier molecular flexibility index (Phi) is 8.16. The van der Waals surface area contributed by atoms with Gasteiger partial charge in [-0.15, -0.1) is 0 Å². The van der Waals surface area contributed by atoms with E-state index in [1.807, 2.05) is 37.3 Å². The van der Waals surface area contributed by atoms with Gasteiger partial charge in [0.15, 0.2) is 0 Å². The highest BCUT2D eigenvalue weighted by Gasteiger charge is 2.43. The van der Waals surface area contributed by atoms with Crippen LogP contribution in [0.5, 0.6) is 0 Å². The Morgan fingerprint density at radius 2 is 1.53 bits per heavy atom. The van der Waals surface area contributed by atoms with Crippen molar-refractivity contribution in [1.29, 1.82) is 0 Å². The molecule has 4 unspecified atom stereocenters. The monoisotopic (exact) mass is 520 g/mol. The molecule has 0 aromatic heterocycles. The molecule has 3 aromatic carbocycles. The third-order valence-corrected chi connectivity index (χ3v) is 6.96. The first-order chi connectivity index (χ1) is 18.2. The van der Waals surface area contributed by atoms with Crippen LogP contribution in [0.3, 0.4) is 0 Å². The third-order valence-electron chi connectivity index (χ3n) is 6.96. The number of carbonyl (C=O) groups excluding carboxylic acids is 3. The maximum Gasteiger partial charge on any atom is 0.252 e. The number of hydrogen-bond acceptors (Lipinski definition) is 4. The second-order valence-corrected chi connectivity index (χ2v) is 9.35. The van der Waals surface area contributed by atoms with E-state index in [0.717, 1.165) is 23.3 Å². The van der Waals surface area contributed by atoms with Gasteiger partial charge in [0.25, 0.3) is 5.91 Å². The first-order valence-corrected chi connectivity index (χ1v) is 12.4. The van der Waals surface area contributed by atoms with Crippen molar-refractivity contribution in [2.75, 3.05) is 12.4 Å². The van der Waals surface area contributed by atoms with Gasteiger partial charge in [-0.2, -0.15) is 0 Å². The molecule has 198 valence electrons. The molecule has 1 aliphatic rings. The van der Waals surface area contributed by atoms with Gasteiger partial charge in [-0.25, -0.2) is 8.78 Å². The Morgan fingerprint density at radius 1 is 0.895 bits per heavy atom. The Labute approximate surface area is 220 Å². The van der Waals surface area contributed by atoms with Crippen LogP contribution in [0.1, 0.15) is 42.5 Å². The molecule has 0 aliphatic carbocycles. The molecule has 0 saturated heterocycles. The lowest BCUT2D eigenvalue weighted by atomic mass is 9.91. The topological polar surface area (TPSA) is 90.5 Å². The number of nitrogens with one attached hydrogen (secondary N) is 3. The van der Waals surface area contributed by atoms with Gasteiger partial charge < -0.3 is 20.9 Å². The van der Waals surface area contributed by atoms with E-state index in [1.165, 1.54) is 11.0 Å². The van der Waals surface area contributed by atoms with Crippen molar-refractivity contribution in [3.8, 4) is 0 Å². The van der Waals surface area contributed by atoms with Crippen molar-refractivity contribution in [2.24, 2.45) is 0 Å². The van der Waals surface area contributed by atoms with Crippen LogP contribution < -0.4 is 16.0 Å². The zero-order valence-electron chi connectivity index (χ0n) is 21.4. The predicted molar refractivity (Wildman–Crippen MR) is 140 cm³/mol. The van der Waals surface area contributed by atoms with E-state index < -0.39 is 53.2 Å². The predicted octanol–water partition coefficient (Wildman–Crippen LogP) is 3.88. The number of rotatable bonds is 8. The van der Waals surface area contributed by atoms with Gasteiger partial charge in [0.2, 0.25) is 11.8 Å². The number of hydrogen-bond donors (Lipinski definition) is 3. The molecule has 4 rings (SSSR count). The second-order valence-electron chi connectivity index (χ2n) is 9.35. The fraction of sp³-hybridized carbons (Fsp3) is 0.276. The van der Waals surface area contributed by atoms with Crippen LogP contribution in [0.4, 0.5) is 14.5 Å². The highest BCUT2D eigenvalue weighted by molar-refractivity contribution is 6.00. The molecule has 4 atom stereocenters. The van der Waals surface area contributed by atoms with Crippen LogP contribution in [0, 0.1) is 11.6 Å². The minimum Gasteiger partial charge on any atom is -0.342 e. The Bertz CT molecular complexity index is 1310. The molecule has 38 heavy (non-hydrogen) atoms. The molecular weight excluding hydrogens is 490 g/mol. The minimum absolute atomic E-state index is 0.0995. The van der Waals surface area contributed by atoms with Crippen LogP contribution in [0.15, 0.2) is 72.8 Å². The van der Waals surface area contributed by atoms with Crippen LogP contribution in [0.25, 0.3) is 0 Å². The molecule has 1 aliphatic heterocycles. The summed E-state index contributed by atoms with van der Waals surface area (Å²) < 4.78 is 28.7. The molecule has 3 N–H and O–H groups in total. The van der Waals surface area contributed by atoms with Crippen molar-refractivity contribution >= 4 is 23.4 Å². The molecule has 9 heteroatoms. The first kappa shape index (κ1) is 26.9. The zero-order chi connectivity index (χ0) is 27.4. The van der Waals surface area contributed by atoms with Gasteiger partial charge in [0, 0.05) is 12.5 Å². The van der Waals surface area contributed by atoms with Gasteiger partial charge >= 0.3 is 0 Å². The van der Waals surface area contributed by atoms with Gasteiger partial charge in [-0.1, -0.05) is 67.6 Å². The average Bonchev–Trinajstić information content (AvgIpc) is 3.32. The number of fused-ring (bicyclic) bond motifs is 1. The maximum absolute atomic E-state index is 14.3. The number of carbonyl (C=O) groups is 3. The fourth-order valence-corrected chi connectivity index (χ4v) is 4.62. The van der Waals surface area contributed by atoms with Crippen molar-refractivity contribution in [2.45, 2.75) is 44.4 Å². The van der Waals surface area contributed by atoms with E-state index in [9.17, 15) is 23.2 Å². The lowest BCUT2D eigenvalue weighted by Crippen LogP contribution is -2.54. The highest BCUT2D eigenvalue weighted by atomic mass is 19.1. The van der Waals surface area contributed by atoms with Crippen LogP contribution in [-0.4, -0.2) is 41.8 Å². The average molecular weight is 521 g/mol. The van der Waals surface area contributed by atoms with Crippen molar-refractivity contribution in [1.82, 2.24) is 15.5 Å². The van der Waals surface area contributed by atoms with Gasteiger partial charge in [-0.05, 0) is 42.8 Å². The Balaban J connectivity index is 1.71. The summed E-state index contributed by atoms with van der Waals surface area (Å²) in [6, 6.07) is 16.9. The number of amides is 3. The third kappa shape index (κ3) is 5.43. The molecule has 0 saturated carbocycles. The highest BCUT2D eigenvalue weighted by Crippen LogP contribution is 2.36. The SMILES string of the molecule is CNC(C)C(=O)NC(C(=O)N1Cc2ccccc2C1C(=O)Nc1c(F)cccc1F)C(C)c1ccccc1. The number of nitrogens with zero attached hydrogens (tertiary/aromatic N) is 1. The number of halogens is 2. The summed E-state index contributed by atoms with van der Waals surface area (Å²) in [4.78, 5) is 41.9. The summed E-state index contributed by atoms with van der Waals surface area (Å²) in [5.41, 5.74) is 1.53. The molecule has 3 amide bonds. The number of benzene rings is 3. The molecular formula is C29H30F2N4O3. The van der Waals surface area contributed by atoms with E-state index in [4.69, 9.17) is 0 Å². The summed E-state index contributed by atoms with van der Waals surface area (Å²) in [5, 5.41) is 8.05. The normalized spacial score (nSPS) is 16.8. The summed E-state index contributed by atoms with van der Waals surface area (Å²) in [6.07, 6.45) is 0. The standard InChI is InChI=1S/C29H30F2N4O3/c1-17(19-10-5-4-6-11-19)24(33-27(36)18(2)32-3)29(38)35-16-20-12-7-8-13-21(20)26(35)28(37)34-25-22(30)14-9-15-23(25)31/h4-15,17-18,24,26,32H,16H2,1-3H3,(H,33,36)(H,34,37). The van der Waals surface area contributed by atoms with Gasteiger partial charge in [0.05, 0.1) is 6.04 Å². The first-order valence-electron chi connectivity index (χ1n) is 12.4. The molecule has 0 bridgehead atoms. The van der Waals surface area contributed by atoms with Gasteiger partial charge in [0.1, 0.15) is 29.4 Å². The number of anilines is 1. The molecule has 7 nitrogen and oxygen atoms in total. The van der Waals surface area contributed by atoms with E-state index in [2.05, 4.69) is 16.0 Å². The quantitative estimate of drug-likeness (QED) is 0.421. The second kappa shape index (κ2) is 11.5. The van der Waals surface area contributed by atoms with Crippen molar-refractivity contribution < 1.29 is 23.2 Å². The van der Waals surface area contributed by atoms with Gasteiger partial charge in [-0.3, -0.25) is 14.4 Å². The Morgan fingerprint density at radius 3 is 2.18 bits per heavy atom. The van der Waals surface area contributed by atoms with Crippen molar-refractivity contribution in [3.05, 3.63) is 101 Å². The van der Waals surface area contributed by atoms with E-state index in [0.29, 0.717) is 5.56 Å². The van der Waals surface area contributed by atoms with Crippen LogP contribution in [-0.2, 0) is 20.9 Å². The smallest absolute Gasteiger partial charge is 0.252 e. The lowest BCUT2D eigenvalue weighted by Gasteiger charge is -2.32. The minimum atomic E-state index is -1.15. The zero-order valence-corrected chi connectivity index (χ0v) is 21.4. The van der Waals surface area contributed by atoms with Crippen molar-refractivity contribution in [3.63, 3.8) is 0 Å². The maximum atomic E-state index is 14.3.